The molecule has 2 N–H and O–H groups in total. The molecule has 1 aromatic rings. The number of hydrogen-bond donors (Lipinski definition) is 2. The molecule has 0 aliphatic heterocycles. The molecule has 1 rings (SSSR count). The third-order valence-corrected chi connectivity index (χ3v) is 1.55. The van der Waals surface area contributed by atoms with Gasteiger partial charge in [0.25, 0.3) is 0 Å². The second-order valence-electron chi connectivity index (χ2n) is 2.60. The highest BCUT2D eigenvalue weighted by Crippen LogP contribution is 2.05. The van der Waals surface area contributed by atoms with Crippen LogP contribution in [0.5, 0.6) is 0 Å². The highest BCUT2D eigenvalue weighted by atomic mass is 16.4. The maximum absolute atomic E-state index is 11.0. The minimum absolute atomic E-state index is 0.147. The van der Waals surface area contributed by atoms with Crippen LogP contribution in [0, 0.1) is 0 Å². The van der Waals surface area contributed by atoms with Crippen molar-refractivity contribution in [1.82, 2.24) is 4.90 Å². The smallest absolute Gasteiger partial charge is 0.407 e. The summed E-state index contributed by atoms with van der Waals surface area (Å²) in [5.74, 6) is 0. The second-order valence-corrected chi connectivity index (χ2v) is 2.60. The van der Waals surface area contributed by atoms with Crippen molar-refractivity contribution in [1.29, 1.82) is 0 Å². The van der Waals surface area contributed by atoms with Crippen LogP contribution in [0.3, 0.4) is 0 Å². The number of benzene rings is 1. The topological polar surface area (TPSA) is 73.1 Å². The van der Waals surface area contributed by atoms with Crippen LogP contribution in [0.1, 0.15) is 18.0 Å². The van der Waals surface area contributed by atoms with Crippen molar-refractivity contribution in [3.05, 3.63) is 35.4 Å². The lowest BCUT2D eigenvalue weighted by Crippen LogP contribution is -2.23. The van der Waals surface area contributed by atoms with Gasteiger partial charge in [0.15, 0.2) is 0 Å². The SMILES string of the molecule is [2H]C([2H])([2H])N(C(=O)O)C([2H])([2H])c1ccc(C=NO)cc1. The number of nitrogens with zero attached hydrogens (tertiary/aromatic N) is 2. The van der Waals surface area contributed by atoms with Crippen molar-refractivity contribution in [2.45, 2.75) is 6.50 Å². The Morgan fingerprint density at radius 3 is 2.80 bits per heavy atom. The summed E-state index contributed by atoms with van der Waals surface area (Å²) in [7, 11) is 0. The van der Waals surface area contributed by atoms with Crippen LogP contribution >= 0.6 is 0 Å². The fourth-order valence-corrected chi connectivity index (χ4v) is 0.887. The average molecular weight is 213 g/mol. The first kappa shape index (κ1) is 5.75. The highest BCUT2D eigenvalue weighted by molar-refractivity contribution is 5.78. The zero-order valence-corrected chi connectivity index (χ0v) is 7.58. The van der Waals surface area contributed by atoms with Gasteiger partial charge in [-0.1, -0.05) is 29.4 Å². The maximum atomic E-state index is 11.0. The largest absolute Gasteiger partial charge is 0.465 e. The van der Waals surface area contributed by atoms with Crippen LogP contribution in [0.15, 0.2) is 29.4 Å². The molecule has 0 spiro atoms. The van der Waals surface area contributed by atoms with Gasteiger partial charge in [-0.2, -0.15) is 0 Å². The molecule has 0 fully saturated rings. The molecule has 80 valence electrons. The van der Waals surface area contributed by atoms with Gasteiger partial charge in [0.05, 0.1) is 8.96 Å². The van der Waals surface area contributed by atoms with Gasteiger partial charge in [-0.3, -0.25) is 0 Å². The number of carbonyl (C=O) groups is 1. The van der Waals surface area contributed by atoms with E-state index in [2.05, 4.69) is 5.16 Å². The normalized spacial score (nSPS) is 17.2. The van der Waals surface area contributed by atoms with Gasteiger partial charge >= 0.3 is 6.09 Å². The van der Waals surface area contributed by atoms with Gasteiger partial charge in [-0.05, 0) is 11.1 Å². The lowest BCUT2D eigenvalue weighted by Gasteiger charge is -2.12. The van der Waals surface area contributed by atoms with Crippen LogP contribution < -0.4 is 0 Å². The van der Waals surface area contributed by atoms with E-state index in [4.69, 9.17) is 17.2 Å². The monoisotopic (exact) mass is 213 g/mol. The standard InChI is InChI=1S/C10H12N2O3/c1-12(10(13)14)7-9-4-2-8(3-5-9)6-11-15/h2-6,15H,7H2,1H3,(H,13,14)/i1D3,7D2. The molecule has 0 bridgehead atoms. The van der Waals surface area contributed by atoms with Crippen LogP contribution in [-0.4, -0.2) is 34.5 Å². The van der Waals surface area contributed by atoms with E-state index in [0.717, 1.165) is 6.21 Å². The van der Waals surface area contributed by atoms with E-state index in [1.807, 2.05) is 0 Å². The molecule has 5 heteroatoms. The van der Waals surface area contributed by atoms with Crippen molar-refractivity contribution in [2.24, 2.45) is 5.16 Å². The van der Waals surface area contributed by atoms with Gasteiger partial charge in [0.1, 0.15) is 0 Å². The van der Waals surface area contributed by atoms with Crippen molar-refractivity contribution in [3.8, 4) is 0 Å². The van der Waals surface area contributed by atoms with Crippen LogP contribution in [0.25, 0.3) is 0 Å². The predicted octanol–water partition coefficient (Wildman–Crippen LogP) is 1.60. The van der Waals surface area contributed by atoms with Crippen LogP contribution in [0.2, 0.25) is 0 Å². The molecule has 0 aliphatic rings. The van der Waals surface area contributed by atoms with Crippen molar-refractivity contribution >= 4 is 12.3 Å². The van der Waals surface area contributed by atoms with Crippen LogP contribution in [0.4, 0.5) is 4.79 Å². The van der Waals surface area contributed by atoms with Gasteiger partial charge in [0.2, 0.25) is 0 Å². The summed E-state index contributed by atoms with van der Waals surface area (Å²) >= 11 is 0. The number of hydrogen-bond acceptors (Lipinski definition) is 3. The van der Waals surface area contributed by atoms with Crippen molar-refractivity contribution < 1.29 is 22.0 Å². The third kappa shape index (κ3) is 3.30. The molecule has 0 aliphatic carbocycles. The summed E-state index contributed by atoms with van der Waals surface area (Å²) in [4.78, 5) is 10.8. The first-order valence-corrected chi connectivity index (χ1v) is 3.92. The first-order chi connectivity index (χ1) is 9.10. The fraction of sp³-hybridized carbons (Fsp3) is 0.200. The van der Waals surface area contributed by atoms with Crippen LogP contribution in [-0.2, 0) is 6.50 Å². The minimum atomic E-state index is -3.14. The lowest BCUT2D eigenvalue weighted by molar-refractivity contribution is 0.154. The predicted molar refractivity (Wildman–Crippen MR) is 55.3 cm³/mol. The third-order valence-electron chi connectivity index (χ3n) is 1.55. The summed E-state index contributed by atoms with van der Waals surface area (Å²) in [6.07, 6.45) is -0.797. The fourth-order valence-electron chi connectivity index (χ4n) is 0.887. The molecule has 0 saturated carbocycles. The summed E-state index contributed by atoms with van der Waals surface area (Å²) in [5, 5.41) is 20.1. The van der Waals surface area contributed by atoms with Gasteiger partial charge < -0.3 is 15.2 Å². The zero-order valence-electron chi connectivity index (χ0n) is 12.6. The molecule has 0 aromatic heterocycles. The second kappa shape index (κ2) is 4.99. The Morgan fingerprint density at radius 1 is 1.67 bits per heavy atom. The molecule has 0 radical (unpaired) electrons. The Hall–Kier alpha value is -2.04. The molecule has 1 aromatic carbocycles. The Balaban J connectivity index is 3.22. The van der Waals surface area contributed by atoms with E-state index in [-0.39, 0.29) is 10.5 Å². The number of amides is 1. The molecular weight excluding hydrogens is 196 g/mol. The summed E-state index contributed by atoms with van der Waals surface area (Å²) in [6.45, 7) is -5.87. The maximum Gasteiger partial charge on any atom is 0.407 e. The molecule has 0 unspecified atom stereocenters. The number of oxime groups is 1. The number of rotatable bonds is 3. The highest BCUT2D eigenvalue weighted by Gasteiger charge is 2.05. The van der Waals surface area contributed by atoms with E-state index >= 15 is 0 Å². The molecule has 1 amide bonds. The van der Waals surface area contributed by atoms with E-state index in [1.54, 1.807) is 0 Å². The Kier molecular flexibility index (Phi) is 1.91. The van der Waals surface area contributed by atoms with E-state index < -0.39 is 19.6 Å². The van der Waals surface area contributed by atoms with E-state index in [0.29, 0.717) is 5.56 Å². The summed E-state index contributed by atoms with van der Waals surface area (Å²) in [5.41, 5.74) is 0.300. The zero-order chi connectivity index (χ0) is 15.6. The summed E-state index contributed by atoms with van der Waals surface area (Å²) in [6, 6.07) is 5.18. The Labute approximate surface area is 94.3 Å². The average Bonchev–Trinajstić information content (AvgIpc) is 2.26. The molecule has 0 atom stereocenters. The molecular formula is C10H12N2O3. The van der Waals surface area contributed by atoms with Crippen molar-refractivity contribution in [3.63, 3.8) is 0 Å². The minimum Gasteiger partial charge on any atom is -0.465 e. The van der Waals surface area contributed by atoms with Crippen molar-refractivity contribution in [2.75, 3.05) is 6.98 Å². The Morgan fingerprint density at radius 2 is 2.33 bits per heavy atom. The van der Waals surface area contributed by atoms with Gasteiger partial charge in [-0.25, -0.2) is 4.79 Å². The van der Waals surface area contributed by atoms with Gasteiger partial charge in [0, 0.05) is 17.6 Å². The lowest BCUT2D eigenvalue weighted by atomic mass is 10.1. The summed E-state index contributed by atoms with van der Waals surface area (Å²) < 4.78 is 36.9. The molecule has 0 saturated heterocycles. The van der Waals surface area contributed by atoms with Gasteiger partial charge in [-0.15, -0.1) is 0 Å². The molecule has 15 heavy (non-hydrogen) atoms. The first-order valence-electron chi connectivity index (χ1n) is 6.42. The molecule has 0 heterocycles. The van der Waals surface area contributed by atoms with E-state index in [9.17, 15) is 4.79 Å². The number of carboxylic acid groups (broad SMARTS) is 1. The quantitative estimate of drug-likeness (QED) is 0.455. The molecule has 5 nitrogen and oxygen atoms in total. The Bertz CT molecular complexity index is 513. The van der Waals surface area contributed by atoms with E-state index in [1.165, 1.54) is 24.3 Å².